The summed E-state index contributed by atoms with van der Waals surface area (Å²) in [5.74, 6) is -0.478. The quantitative estimate of drug-likeness (QED) is 0.410. The number of rotatable bonds is 7. The number of esters is 1. The molecule has 5 nitrogen and oxygen atoms in total. The maximum atomic E-state index is 11.4. The van der Waals surface area contributed by atoms with E-state index in [4.69, 9.17) is 9.47 Å². The van der Waals surface area contributed by atoms with Gasteiger partial charge in [-0.1, -0.05) is 27.4 Å². The van der Waals surface area contributed by atoms with Crippen LogP contribution in [0.3, 0.4) is 0 Å². The van der Waals surface area contributed by atoms with Gasteiger partial charge in [-0.25, -0.2) is 4.79 Å². The zero-order valence-electron chi connectivity index (χ0n) is 10.7. The van der Waals surface area contributed by atoms with E-state index in [1.807, 2.05) is 20.8 Å². The van der Waals surface area contributed by atoms with Crippen LogP contribution in [0.4, 0.5) is 0 Å². The van der Waals surface area contributed by atoms with Gasteiger partial charge in [-0.15, -0.1) is 0 Å². The van der Waals surface area contributed by atoms with E-state index in [0.717, 1.165) is 6.08 Å². The largest absolute Gasteiger partial charge is 0.460 e. The van der Waals surface area contributed by atoms with E-state index >= 15 is 0 Å². The Hall–Kier alpha value is -1.36. The summed E-state index contributed by atoms with van der Waals surface area (Å²) in [6.45, 7) is 10.2. The number of nitrogens with one attached hydrogen (secondary N) is 1. The molecule has 0 saturated heterocycles. The van der Waals surface area contributed by atoms with Gasteiger partial charge in [-0.05, 0) is 0 Å². The number of carbonyl (C=O) groups excluding carboxylic acids is 2. The molecule has 0 saturated carbocycles. The summed E-state index contributed by atoms with van der Waals surface area (Å²) in [4.78, 5) is 22.1. The Labute approximate surface area is 102 Å². The first kappa shape index (κ1) is 15.6. The Balaban J connectivity index is 3.39. The molecule has 98 valence electrons. The van der Waals surface area contributed by atoms with Crippen LogP contribution < -0.4 is 5.32 Å². The van der Waals surface area contributed by atoms with Crippen molar-refractivity contribution < 1.29 is 19.1 Å². The maximum absolute atomic E-state index is 11.4. The van der Waals surface area contributed by atoms with E-state index in [1.54, 1.807) is 0 Å². The highest BCUT2D eigenvalue weighted by atomic mass is 16.6. The molecule has 1 N–H and O–H groups in total. The van der Waals surface area contributed by atoms with Crippen LogP contribution in [0.2, 0.25) is 0 Å². The Morgan fingerprint density at radius 3 is 2.41 bits per heavy atom. The summed E-state index contributed by atoms with van der Waals surface area (Å²) in [5.41, 5.74) is -0.389. The zero-order valence-corrected chi connectivity index (χ0v) is 10.7. The van der Waals surface area contributed by atoms with Gasteiger partial charge in [-0.3, -0.25) is 4.79 Å². The fourth-order valence-corrected chi connectivity index (χ4v) is 0.864. The number of carbonyl (C=O) groups is 2. The van der Waals surface area contributed by atoms with E-state index in [1.165, 1.54) is 0 Å². The third-order valence-corrected chi connectivity index (χ3v) is 1.85. The molecule has 0 aliphatic heterocycles. The Bertz CT molecular complexity index is 268. The normalized spacial score (nSPS) is 10.8. The van der Waals surface area contributed by atoms with Gasteiger partial charge in [0.15, 0.2) is 0 Å². The topological polar surface area (TPSA) is 64.6 Å². The first-order valence-corrected chi connectivity index (χ1v) is 5.53. The molecule has 0 radical (unpaired) electrons. The standard InChI is InChI=1S/C12H21NO4/c1-5-10(14)17-9-8-16-7-6-13-11(15)12(2,3)4/h5H,1,6-9H2,2-4H3,(H,13,15). The fraction of sp³-hybridized carbons (Fsp3) is 0.667. The van der Waals surface area contributed by atoms with Gasteiger partial charge in [0.05, 0.1) is 13.2 Å². The van der Waals surface area contributed by atoms with Crippen LogP contribution in [0.15, 0.2) is 12.7 Å². The minimum Gasteiger partial charge on any atom is -0.460 e. The molecular formula is C12H21NO4. The number of ether oxygens (including phenoxy) is 2. The van der Waals surface area contributed by atoms with Crippen LogP contribution in [0.1, 0.15) is 20.8 Å². The van der Waals surface area contributed by atoms with Crippen LogP contribution in [0.25, 0.3) is 0 Å². The number of hydrogen-bond acceptors (Lipinski definition) is 4. The lowest BCUT2D eigenvalue weighted by atomic mass is 9.96. The van der Waals surface area contributed by atoms with E-state index < -0.39 is 5.97 Å². The first-order valence-electron chi connectivity index (χ1n) is 5.53. The second kappa shape index (κ2) is 7.84. The maximum Gasteiger partial charge on any atom is 0.330 e. The monoisotopic (exact) mass is 243 g/mol. The van der Waals surface area contributed by atoms with Crippen LogP contribution in [0, 0.1) is 5.41 Å². The van der Waals surface area contributed by atoms with Crippen molar-refractivity contribution in [2.75, 3.05) is 26.4 Å². The molecule has 0 fully saturated rings. The molecular weight excluding hydrogens is 222 g/mol. The van der Waals surface area contributed by atoms with Crippen molar-refractivity contribution in [3.8, 4) is 0 Å². The number of amides is 1. The lowest BCUT2D eigenvalue weighted by Crippen LogP contribution is -2.36. The smallest absolute Gasteiger partial charge is 0.330 e. The third-order valence-electron chi connectivity index (χ3n) is 1.85. The van der Waals surface area contributed by atoms with Gasteiger partial charge < -0.3 is 14.8 Å². The summed E-state index contributed by atoms with van der Waals surface area (Å²) >= 11 is 0. The van der Waals surface area contributed by atoms with Crippen LogP contribution in [-0.4, -0.2) is 38.2 Å². The molecule has 0 atom stereocenters. The zero-order chi connectivity index (χ0) is 13.3. The SMILES string of the molecule is C=CC(=O)OCCOCCNC(=O)C(C)(C)C. The molecule has 0 aromatic heterocycles. The van der Waals surface area contributed by atoms with Crippen LogP contribution in [-0.2, 0) is 19.1 Å². The molecule has 0 heterocycles. The molecule has 0 aliphatic rings. The van der Waals surface area contributed by atoms with Gasteiger partial charge in [0.2, 0.25) is 5.91 Å². The average molecular weight is 243 g/mol. The van der Waals surface area contributed by atoms with Crippen LogP contribution in [0.5, 0.6) is 0 Å². The Kier molecular flexibility index (Phi) is 7.21. The summed E-state index contributed by atoms with van der Waals surface area (Å²) < 4.78 is 9.87. The van der Waals surface area contributed by atoms with Crippen LogP contribution >= 0.6 is 0 Å². The fourth-order valence-electron chi connectivity index (χ4n) is 0.864. The Morgan fingerprint density at radius 2 is 1.88 bits per heavy atom. The first-order chi connectivity index (χ1) is 7.88. The highest BCUT2D eigenvalue weighted by molar-refractivity contribution is 5.81. The van der Waals surface area contributed by atoms with Gasteiger partial charge in [0.1, 0.15) is 6.61 Å². The third kappa shape index (κ3) is 8.45. The average Bonchev–Trinajstić information content (AvgIpc) is 2.25. The molecule has 17 heavy (non-hydrogen) atoms. The minimum atomic E-state index is -0.463. The summed E-state index contributed by atoms with van der Waals surface area (Å²) in [5, 5.41) is 2.75. The van der Waals surface area contributed by atoms with Crippen molar-refractivity contribution in [3.05, 3.63) is 12.7 Å². The van der Waals surface area contributed by atoms with Gasteiger partial charge >= 0.3 is 5.97 Å². The van der Waals surface area contributed by atoms with Crippen molar-refractivity contribution in [1.29, 1.82) is 0 Å². The van der Waals surface area contributed by atoms with Gasteiger partial charge in [0, 0.05) is 18.0 Å². The summed E-state index contributed by atoms with van der Waals surface area (Å²) in [7, 11) is 0. The molecule has 0 bridgehead atoms. The molecule has 0 rings (SSSR count). The van der Waals surface area contributed by atoms with E-state index in [9.17, 15) is 9.59 Å². The number of hydrogen-bond donors (Lipinski definition) is 1. The lowest BCUT2D eigenvalue weighted by molar-refractivity contribution is -0.139. The highest BCUT2D eigenvalue weighted by Gasteiger charge is 2.20. The molecule has 0 aromatic rings. The van der Waals surface area contributed by atoms with Crippen molar-refractivity contribution in [1.82, 2.24) is 5.32 Å². The Morgan fingerprint density at radius 1 is 1.24 bits per heavy atom. The molecule has 0 unspecified atom stereocenters. The molecule has 5 heteroatoms. The predicted octanol–water partition coefficient (Wildman–Crippen LogP) is 0.894. The molecule has 1 amide bonds. The van der Waals surface area contributed by atoms with Crippen molar-refractivity contribution in [3.63, 3.8) is 0 Å². The predicted molar refractivity (Wildman–Crippen MR) is 64.4 cm³/mol. The molecule has 0 aromatic carbocycles. The summed E-state index contributed by atoms with van der Waals surface area (Å²) in [6, 6.07) is 0. The van der Waals surface area contributed by atoms with E-state index in [2.05, 4.69) is 11.9 Å². The van der Waals surface area contributed by atoms with Crippen molar-refractivity contribution in [2.24, 2.45) is 5.41 Å². The second-order valence-corrected chi connectivity index (χ2v) is 4.49. The minimum absolute atomic E-state index is 0.0146. The second-order valence-electron chi connectivity index (χ2n) is 4.49. The molecule has 0 spiro atoms. The van der Waals surface area contributed by atoms with Crippen molar-refractivity contribution >= 4 is 11.9 Å². The highest BCUT2D eigenvalue weighted by Crippen LogP contribution is 2.11. The lowest BCUT2D eigenvalue weighted by Gasteiger charge is -2.17. The van der Waals surface area contributed by atoms with E-state index in [0.29, 0.717) is 19.8 Å². The van der Waals surface area contributed by atoms with E-state index in [-0.39, 0.29) is 17.9 Å². The summed E-state index contributed by atoms with van der Waals surface area (Å²) in [6.07, 6.45) is 1.10. The van der Waals surface area contributed by atoms with Gasteiger partial charge in [0.25, 0.3) is 0 Å². The van der Waals surface area contributed by atoms with Gasteiger partial charge in [-0.2, -0.15) is 0 Å². The molecule has 0 aliphatic carbocycles. The van der Waals surface area contributed by atoms with Crippen molar-refractivity contribution in [2.45, 2.75) is 20.8 Å².